The van der Waals surface area contributed by atoms with Crippen LogP contribution in [-0.4, -0.2) is 70.0 Å². The number of rotatable bonds is 6. The predicted molar refractivity (Wildman–Crippen MR) is 83.4 cm³/mol. The number of likely N-dealkylation sites (N-methyl/N-ethyl adjacent to an activating group) is 1. The lowest BCUT2D eigenvalue weighted by Gasteiger charge is -2.35. The molecule has 0 aromatic carbocycles. The van der Waals surface area contributed by atoms with Gasteiger partial charge in [-0.05, 0) is 51.6 Å². The van der Waals surface area contributed by atoms with Crippen LogP contribution in [0.1, 0.15) is 32.1 Å². The first kappa shape index (κ1) is 17.1. The van der Waals surface area contributed by atoms with Crippen LogP contribution in [0.25, 0.3) is 0 Å². The van der Waals surface area contributed by atoms with Crippen LogP contribution in [0.3, 0.4) is 0 Å². The van der Waals surface area contributed by atoms with E-state index in [2.05, 4.69) is 5.32 Å². The fraction of sp³-hybridized carbons (Fsp3) is 1.00. The van der Waals surface area contributed by atoms with Crippen LogP contribution in [0, 0.1) is 5.92 Å². The molecule has 21 heavy (non-hydrogen) atoms. The SMILES string of the molecule is CNCC1CCN(S(=O)(=O)N(C)CC2CCCCO2)CC1. The molecule has 2 saturated heterocycles. The maximum absolute atomic E-state index is 12.6. The number of nitrogens with zero attached hydrogens (tertiary/aromatic N) is 2. The Morgan fingerprint density at radius 3 is 2.52 bits per heavy atom. The molecule has 2 rings (SSSR count). The summed E-state index contributed by atoms with van der Waals surface area (Å²) in [5.41, 5.74) is 0. The molecule has 2 aliphatic heterocycles. The molecule has 7 heteroatoms. The van der Waals surface area contributed by atoms with Crippen LogP contribution >= 0.6 is 0 Å². The molecule has 2 fully saturated rings. The van der Waals surface area contributed by atoms with Gasteiger partial charge in [0.15, 0.2) is 0 Å². The Labute approximate surface area is 129 Å². The highest BCUT2D eigenvalue weighted by Crippen LogP contribution is 2.21. The van der Waals surface area contributed by atoms with Crippen molar-refractivity contribution >= 4 is 10.2 Å². The van der Waals surface area contributed by atoms with Crippen molar-refractivity contribution in [2.75, 3.05) is 46.9 Å². The molecule has 0 radical (unpaired) electrons. The van der Waals surface area contributed by atoms with Gasteiger partial charge in [0.1, 0.15) is 0 Å². The van der Waals surface area contributed by atoms with Crippen LogP contribution < -0.4 is 5.32 Å². The van der Waals surface area contributed by atoms with Gasteiger partial charge in [0.05, 0.1) is 6.10 Å². The topological polar surface area (TPSA) is 61.9 Å². The molecule has 1 N–H and O–H groups in total. The Morgan fingerprint density at radius 2 is 1.95 bits per heavy atom. The zero-order valence-electron chi connectivity index (χ0n) is 13.3. The van der Waals surface area contributed by atoms with Gasteiger partial charge < -0.3 is 10.1 Å². The average Bonchev–Trinajstić information content (AvgIpc) is 2.49. The number of ether oxygens (including phenoxy) is 1. The Bertz CT molecular complexity index is 402. The van der Waals surface area contributed by atoms with Crippen molar-refractivity contribution in [1.82, 2.24) is 13.9 Å². The summed E-state index contributed by atoms with van der Waals surface area (Å²) in [5.74, 6) is 0.591. The van der Waals surface area contributed by atoms with Gasteiger partial charge in [0, 0.05) is 33.3 Å². The fourth-order valence-electron chi connectivity index (χ4n) is 3.16. The molecule has 1 unspecified atom stereocenters. The summed E-state index contributed by atoms with van der Waals surface area (Å²) < 4.78 is 34.0. The lowest BCUT2D eigenvalue weighted by atomic mass is 9.98. The van der Waals surface area contributed by atoms with Crippen molar-refractivity contribution in [3.63, 3.8) is 0 Å². The Kier molecular flexibility index (Phi) is 6.43. The standard InChI is InChI=1S/C14H29N3O3S/c1-15-11-13-6-8-17(9-7-13)21(18,19)16(2)12-14-5-3-4-10-20-14/h13-15H,3-12H2,1-2H3. The summed E-state index contributed by atoms with van der Waals surface area (Å²) in [6, 6.07) is 0. The molecule has 6 nitrogen and oxygen atoms in total. The van der Waals surface area contributed by atoms with Crippen molar-refractivity contribution < 1.29 is 13.2 Å². The predicted octanol–water partition coefficient (Wildman–Crippen LogP) is 0.664. The van der Waals surface area contributed by atoms with Crippen molar-refractivity contribution in [3.8, 4) is 0 Å². The zero-order valence-corrected chi connectivity index (χ0v) is 14.1. The van der Waals surface area contributed by atoms with Crippen molar-refractivity contribution in [2.45, 2.75) is 38.2 Å². The third kappa shape index (κ3) is 4.63. The molecule has 0 aromatic heterocycles. The summed E-state index contributed by atoms with van der Waals surface area (Å²) in [6.07, 6.45) is 5.12. The van der Waals surface area contributed by atoms with Gasteiger partial charge >= 0.3 is 0 Å². The molecule has 2 aliphatic rings. The minimum Gasteiger partial charge on any atom is -0.377 e. The first-order valence-electron chi connectivity index (χ1n) is 8.01. The summed E-state index contributed by atoms with van der Waals surface area (Å²) in [4.78, 5) is 0. The molecule has 0 aliphatic carbocycles. The van der Waals surface area contributed by atoms with Gasteiger partial charge in [0.2, 0.25) is 0 Å². The number of nitrogens with one attached hydrogen (secondary N) is 1. The lowest BCUT2D eigenvalue weighted by Crippen LogP contribution is -2.48. The molecule has 0 amide bonds. The number of hydrogen-bond donors (Lipinski definition) is 1. The maximum atomic E-state index is 12.6. The van der Waals surface area contributed by atoms with Gasteiger partial charge in [-0.3, -0.25) is 0 Å². The Hall–Kier alpha value is -0.210. The van der Waals surface area contributed by atoms with E-state index < -0.39 is 10.2 Å². The Morgan fingerprint density at radius 1 is 1.24 bits per heavy atom. The van der Waals surface area contributed by atoms with Crippen LogP contribution in [0.15, 0.2) is 0 Å². The molecule has 0 saturated carbocycles. The number of hydrogen-bond acceptors (Lipinski definition) is 4. The number of piperidine rings is 1. The molecule has 124 valence electrons. The molecule has 0 spiro atoms. The van der Waals surface area contributed by atoms with Gasteiger partial charge in [0.25, 0.3) is 10.2 Å². The Balaban J connectivity index is 1.85. The largest absolute Gasteiger partial charge is 0.377 e. The second-order valence-electron chi connectivity index (χ2n) is 6.18. The quantitative estimate of drug-likeness (QED) is 0.781. The summed E-state index contributed by atoms with van der Waals surface area (Å²) in [6.45, 7) is 3.46. The van der Waals surface area contributed by atoms with Crippen LogP contribution in [0.2, 0.25) is 0 Å². The van der Waals surface area contributed by atoms with E-state index in [-0.39, 0.29) is 6.10 Å². The zero-order chi connectivity index (χ0) is 15.3. The van der Waals surface area contributed by atoms with Crippen molar-refractivity contribution in [1.29, 1.82) is 0 Å². The van der Waals surface area contributed by atoms with Gasteiger partial charge in [-0.2, -0.15) is 17.0 Å². The second-order valence-corrected chi connectivity index (χ2v) is 8.21. The van der Waals surface area contributed by atoms with Crippen LogP contribution in [0.5, 0.6) is 0 Å². The van der Waals surface area contributed by atoms with E-state index in [4.69, 9.17) is 4.74 Å². The maximum Gasteiger partial charge on any atom is 0.281 e. The van der Waals surface area contributed by atoms with Crippen molar-refractivity contribution in [3.05, 3.63) is 0 Å². The molecule has 2 heterocycles. The van der Waals surface area contributed by atoms with Gasteiger partial charge in [-0.1, -0.05) is 0 Å². The average molecular weight is 319 g/mol. The summed E-state index contributed by atoms with van der Waals surface area (Å²) in [7, 11) is 0.286. The van der Waals surface area contributed by atoms with E-state index in [0.29, 0.717) is 25.6 Å². The smallest absolute Gasteiger partial charge is 0.281 e. The summed E-state index contributed by atoms with van der Waals surface area (Å²) >= 11 is 0. The normalized spacial score (nSPS) is 26.3. The first-order valence-corrected chi connectivity index (χ1v) is 9.41. The fourth-order valence-corrected chi connectivity index (χ4v) is 4.58. The summed E-state index contributed by atoms with van der Waals surface area (Å²) in [5, 5.41) is 3.17. The van der Waals surface area contributed by atoms with E-state index in [9.17, 15) is 8.42 Å². The van der Waals surface area contributed by atoms with E-state index >= 15 is 0 Å². The van der Waals surface area contributed by atoms with E-state index in [1.54, 1.807) is 11.4 Å². The third-order valence-corrected chi connectivity index (χ3v) is 6.48. The lowest BCUT2D eigenvalue weighted by molar-refractivity contribution is 0.00783. The third-order valence-electron chi connectivity index (χ3n) is 4.52. The molecule has 0 bridgehead atoms. The highest BCUT2D eigenvalue weighted by Gasteiger charge is 2.32. The monoisotopic (exact) mass is 319 g/mol. The van der Waals surface area contributed by atoms with Crippen molar-refractivity contribution in [2.24, 2.45) is 5.92 Å². The second kappa shape index (κ2) is 7.87. The highest BCUT2D eigenvalue weighted by atomic mass is 32.2. The molecular formula is C14H29N3O3S. The van der Waals surface area contributed by atoms with Gasteiger partial charge in [-0.15, -0.1) is 0 Å². The molecular weight excluding hydrogens is 290 g/mol. The van der Waals surface area contributed by atoms with Crippen LogP contribution in [0.4, 0.5) is 0 Å². The highest BCUT2D eigenvalue weighted by molar-refractivity contribution is 7.86. The molecule has 1 atom stereocenters. The minimum absolute atomic E-state index is 0.0559. The van der Waals surface area contributed by atoms with Gasteiger partial charge in [-0.25, -0.2) is 0 Å². The molecule has 0 aromatic rings. The van der Waals surface area contributed by atoms with E-state index in [0.717, 1.165) is 45.3 Å². The minimum atomic E-state index is -3.33. The van der Waals surface area contributed by atoms with Crippen LogP contribution in [-0.2, 0) is 14.9 Å². The van der Waals surface area contributed by atoms with E-state index in [1.807, 2.05) is 7.05 Å². The van der Waals surface area contributed by atoms with E-state index in [1.165, 1.54) is 4.31 Å². The first-order chi connectivity index (χ1) is 10.0.